The molecule has 0 fully saturated rings. The van der Waals surface area contributed by atoms with Gasteiger partial charge in [0.2, 0.25) is 0 Å². The minimum Gasteiger partial charge on any atom is -0.264 e. The SMILES string of the molecule is Clc1ncccc1-c1ccc2cnccc2c1. The lowest BCUT2D eigenvalue weighted by atomic mass is 10.0. The van der Waals surface area contributed by atoms with Gasteiger partial charge in [0, 0.05) is 29.5 Å². The number of nitrogens with zero attached hydrogens (tertiary/aromatic N) is 2. The average Bonchev–Trinajstić information content (AvgIpc) is 2.39. The fraction of sp³-hybridized carbons (Fsp3) is 0. The van der Waals surface area contributed by atoms with Crippen LogP contribution < -0.4 is 0 Å². The largest absolute Gasteiger partial charge is 0.264 e. The third kappa shape index (κ3) is 1.87. The molecular formula is C14H9ClN2. The predicted molar refractivity (Wildman–Crippen MR) is 70.0 cm³/mol. The van der Waals surface area contributed by atoms with Crippen LogP contribution in [0.4, 0.5) is 0 Å². The highest BCUT2D eigenvalue weighted by Crippen LogP contribution is 2.28. The molecule has 0 amide bonds. The van der Waals surface area contributed by atoms with Crippen molar-refractivity contribution in [2.45, 2.75) is 0 Å². The van der Waals surface area contributed by atoms with Crippen LogP contribution in [0.2, 0.25) is 5.15 Å². The maximum absolute atomic E-state index is 6.09. The maximum Gasteiger partial charge on any atom is 0.136 e. The predicted octanol–water partition coefficient (Wildman–Crippen LogP) is 3.95. The van der Waals surface area contributed by atoms with Gasteiger partial charge in [-0.1, -0.05) is 23.7 Å². The van der Waals surface area contributed by atoms with E-state index in [-0.39, 0.29) is 0 Å². The standard InChI is InChI=1S/C14H9ClN2/c15-14-13(2-1-6-17-14)11-3-4-12-9-16-7-5-10(12)8-11/h1-9H. The van der Waals surface area contributed by atoms with Gasteiger partial charge in [0.25, 0.3) is 0 Å². The first kappa shape index (κ1) is 10.2. The second kappa shape index (κ2) is 4.15. The molecule has 2 aromatic heterocycles. The van der Waals surface area contributed by atoms with Crippen LogP contribution in [0, 0.1) is 0 Å². The van der Waals surface area contributed by atoms with Crippen LogP contribution in [0.1, 0.15) is 0 Å². The molecule has 0 saturated heterocycles. The molecule has 17 heavy (non-hydrogen) atoms. The molecule has 0 aliphatic rings. The molecule has 2 heterocycles. The average molecular weight is 241 g/mol. The van der Waals surface area contributed by atoms with Crippen molar-refractivity contribution in [1.29, 1.82) is 0 Å². The van der Waals surface area contributed by atoms with E-state index in [1.54, 1.807) is 12.4 Å². The number of hydrogen-bond donors (Lipinski definition) is 0. The van der Waals surface area contributed by atoms with E-state index in [9.17, 15) is 0 Å². The van der Waals surface area contributed by atoms with Gasteiger partial charge in [-0.2, -0.15) is 0 Å². The molecule has 0 aliphatic carbocycles. The summed E-state index contributed by atoms with van der Waals surface area (Å²) in [5.41, 5.74) is 2.02. The van der Waals surface area contributed by atoms with E-state index in [4.69, 9.17) is 11.6 Å². The smallest absolute Gasteiger partial charge is 0.136 e. The number of rotatable bonds is 1. The van der Waals surface area contributed by atoms with Gasteiger partial charge in [-0.3, -0.25) is 4.98 Å². The molecule has 3 heteroatoms. The summed E-state index contributed by atoms with van der Waals surface area (Å²) in [6, 6.07) is 12.0. The fourth-order valence-electron chi connectivity index (χ4n) is 1.85. The molecule has 0 atom stereocenters. The summed E-state index contributed by atoms with van der Waals surface area (Å²) in [6.45, 7) is 0. The molecule has 0 N–H and O–H groups in total. The second-order valence-electron chi connectivity index (χ2n) is 3.78. The topological polar surface area (TPSA) is 25.8 Å². The van der Waals surface area contributed by atoms with Gasteiger partial charge in [-0.25, -0.2) is 4.98 Å². The summed E-state index contributed by atoms with van der Waals surface area (Å²) in [7, 11) is 0. The lowest BCUT2D eigenvalue weighted by Gasteiger charge is -2.04. The summed E-state index contributed by atoms with van der Waals surface area (Å²) in [6.07, 6.45) is 5.33. The van der Waals surface area contributed by atoms with E-state index >= 15 is 0 Å². The van der Waals surface area contributed by atoms with Gasteiger partial charge in [-0.15, -0.1) is 0 Å². The zero-order valence-corrected chi connectivity index (χ0v) is 9.72. The summed E-state index contributed by atoms with van der Waals surface area (Å²) in [4.78, 5) is 8.18. The lowest BCUT2D eigenvalue weighted by molar-refractivity contribution is 1.33. The number of fused-ring (bicyclic) bond motifs is 1. The number of halogens is 1. The van der Waals surface area contributed by atoms with Gasteiger partial charge in [0.15, 0.2) is 0 Å². The number of benzene rings is 1. The van der Waals surface area contributed by atoms with E-state index in [0.717, 1.165) is 21.9 Å². The van der Waals surface area contributed by atoms with Crippen molar-refractivity contribution in [3.63, 3.8) is 0 Å². The number of aromatic nitrogens is 2. The molecule has 0 radical (unpaired) electrons. The van der Waals surface area contributed by atoms with Gasteiger partial charge in [0.1, 0.15) is 5.15 Å². The second-order valence-corrected chi connectivity index (χ2v) is 4.14. The van der Waals surface area contributed by atoms with Crippen molar-refractivity contribution < 1.29 is 0 Å². The summed E-state index contributed by atoms with van der Waals surface area (Å²) >= 11 is 6.09. The van der Waals surface area contributed by atoms with E-state index < -0.39 is 0 Å². The van der Waals surface area contributed by atoms with Crippen molar-refractivity contribution in [1.82, 2.24) is 9.97 Å². The Morgan fingerprint density at radius 3 is 2.76 bits per heavy atom. The van der Waals surface area contributed by atoms with Crippen molar-refractivity contribution in [3.05, 3.63) is 60.1 Å². The van der Waals surface area contributed by atoms with E-state index in [0.29, 0.717) is 5.15 Å². The summed E-state index contributed by atoms with van der Waals surface area (Å²) in [5, 5.41) is 2.80. The van der Waals surface area contributed by atoms with Crippen molar-refractivity contribution in [2.24, 2.45) is 0 Å². The zero-order valence-electron chi connectivity index (χ0n) is 8.97. The summed E-state index contributed by atoms with van der Waals surface area (Å²) in [5.74, 6) is 0. The van der Waals surface area contributed by atoms with Gasteiger partial charge >= 0.3 is 0 Å². The minimum absolute atomic E-state index is 0.529. The number of pyridine rings is 2. The van der Waals surface area contributed by atoms with Crippen LogP contribution in [0.25, 0.3) is 21.9 Å². The van der Waals surface area contributed by atoms with Crippen LogP contribution in [-0.4, -0.2) is 9.97 Å². The third-order valence-corrected chi connectivity index (χ3v) is 3.01. The van der Waals surface area contributed by atoms with Gasteiger partial charge in [-0.05, 0) is 35.2 Å². The molecule has 0 aliphatic heterocycles. The molecule has 0 unspecified atom stereocenters. The van der Waals surface area contributed by atoms with Crippen molar-refractivity contribution in [2.75, 3.05) is 0 Å². The molecular weight excluding hydrogens is 232 g/mol. The first-order valence-corrected chi connectivity index (χ1v) is 5.67. The highest BCUT2D eigenvalue weighted by molar-refractivity contribution is 6.32. The Hall–Kier alpha value is -1.93. The van der Waals surface area contributed by atoms with Gasteiger partial charge < -0.3 is 0 Å². The van der Waals surface area contributed by atoms with E-state index in [1.165, 1.54) is 0 Å². The zero-order chi connectivity index (χ0) is 11.7. The molecule has 0 bridgehead atoms. The quantitative estimate of drug-likeness (QED) is 0.602. The Bertz CT molecular complexity index is 680. The van der Waals surface area contributed by atoms with Crippen molar-refractivity contribution >= 4 is 22.4 Å². The third-order valence-electron chi connectivity index (χ3n) is 2.71. The molecule has 1 aromatic carbocycles. The van der Waals surface area contributed by atoms with Crippen LogP contribution in [0.3, 0.4) is 0 Å². The minimum atomic E-state index is 0.529. The number of hydrogen-bond acceptors (Lipinski definition) is 2. The van der Waals surface area contributed by atoms with Crippen LogP contribution >= 0.6 is 11.6 Å². The highest BCUT2D eigenvalue weighted by atomic mass is 35.5. The Labute approximate surface area is 104 Å². The van der Waals surface area contributed by atoms with Crippen molar-refractivity contribution in [3.8, 4) is 11.1 Å². The fourth-order valence-corrected chi connectivity index (χ4v) is 2.08. The maximum atomic E-state index is 6.09. The lowest BCUT2D eigenvalue weighted by Crippen LogP contribution is -1.83. The molecule has 0 saturated carbocycles. The van der Waals surface area contributed by atoms with E-state index in [1.807, 2.05) is 36.5 Å². The molecule has 3 aromatic rings. The first-order chi connectivity index (χ1) is 8.34. The molecule has 82 valence electrons. The highest BCUT2D eigenvalue weighted by Gasteiger charge is 2.04. The van der Waals surface area contributed by atoms with Gasteiger partial charge in [0.05, 0.1) is 0 Å². The van der Waals surface area contributed by atoms with Crippen LogP contribution in [0.15, 0.2) is 55.0 Å². The Morgan fingerprint density at radius 1 is 0.941 bits per heavy atom. The Balaban J connectivity index is 2.22. The molecule has 2 nitrogen and oxygen atoms in total. The summed E-state index contributed by atoms with van der Waals surface area (Å²) < 4.78 is 0. The molecule has 0 spiro atoms. The Morgan fingerprint density at radius 2 is 1.88 bits per heavy atom. The monoisotopic (exact) mass is 240 g/mol. The normalized spacial score (nSPS) is 10.6. The van der Waals surface area contributed by atoms with Crippen LogP contribution in [0.5, 0.6) is 0 Å². The Kier molecular flexibility index (Phi) is 2.50. The van der Waals surface area contributed by atoms with E-state index in [2.05, 4.69) is 16.0 Å². The van der Waals surface area contributed by atoms with Crippen LogP contribution in [-0.2, 0) is 0 Å². The molecule has 3 rings (SSSR count). The first-order valence-electron chi connectivity index (χ1n) is 5.29.